The molecule has 1 amide bonds. The van der Waals surface area contributed by atoms with Crippen molar-refractivity contribution in [2.24, 2.45) is 5.92 Å². The Labute approximate surface area is 199 Å². The third kappa shape index (κ3) is 5.03. The van der Waals surface area contributed by atoms with Crippen molar-refractivity contribution in [3.05, 3.63) is 63.5 Å². The molecule has 1 aliphatic heterocycles. The van der Waals surface area contributed by atoms with Gasteiger partial charge in [-0.25, -0.2) is 4.79 Å². The summed E-state index contributed by atoms with van der Waals surface area (Å²) in [5.41, 5.74) is 2.36. The Kier molecular flexibility index (Phi) is 7.10. The molecule has 0 fully saturated rings. The lowest BCUT2D eigenvalue weighted by molar-refractivity contribution is -0.122. The van der Waals surface area contributed by atoms with Crippen LogP contribution in [-0.2, 0) is 11.2 Å². The van der Waals surface area contributed by atoms with Crippen LogP contribution >= 0.6 is 0 Å². The van der Waals surface area contributed by atoms with Crippen molar-refractivity contribution in [2.75, 3.05) is 20.3 Å². The molecule has 0 spiro atoms. The molecule has 180 valence electrons. The molecular formula is C27H31NO6. The highest BCUT2D eigenvalue weighted by Gasteiger charge is 2.22. The maximum absolute atomic E-state index is 12.9. The lowest BCUT2D eigenvalue weighted by Crippen LogP contribution is -2.32. The summed E-state index contributed by atoms with van der Waals surface area (Å²) >= 11 is 0. The summed E-state index contributed by atoms with van der Waals surface area (Å²) in [5, 5.41) is 3.97. The Hall–Kier alpha value is -3.48. The van der Waals surface area contributed by atoms with Gasteiger partial charge in [0, 0.05) is 29.9 Å². The minimum absolute atomic E-state index is 0.126. The molecule has 1 unspecified atom stereocenters. The van der Waals surface area contributed by atoms with E-state index in [1.165, 1.54) is 0 Å². The SMILES string of the molecule is COc1ccc2c(C)c(CCC(=O)NC(c3ccc4c(c3)OCCCO4)C(C)C)c(=O)oc2c1. The Bertz CT molecular complexity index is 1250. The number of hydrogen-bond donors (Lipinski definition) is 1. The van der Waals surface area contributed by atoms with E-state index in [2.05, 4.69) is 19.2 Å². The number of nitrogens with one attached hydrogen (secondary N) is 1. The largest absolute Gasteiger partial charge is 0.497 e. The number of fused-ring (bicyclic) bond motifs is 2. The second kappa shape index (κ2) is 10.2. The second-order valence-electron chi connectivity index (χ2n) is 8.90. The molecule has 1 aromatic heterocycles. The van der Waals surface area contributed by atoms with E-state index in [1.807, 2.05) is 37.3 Å². The number of carbonyl (C=O) groups is 1. The first-order chi connectivity index (χ1) is 16.4. The van der Waals surface area contributed by atoms with Crippen LogP contribution in [0, 0.1) is 12.8 Å². The van der Waals surface area contributed by atoms with Crippen molar-refractivity contribution in [3.8, 4) is 17.2 Å². The molecule has 2 heterocycles. The van der Waals surface area contributed by atoms with Crippen LogP contribution in [0.4, 0.5) is 0 Å². The Morgan fingerprint density at radius 1 is 1.09 bits per heavy atom. The zero-order valence-electron chi connectivity index (χ0n) is 20.1. The van der Waals surface area contributed by atoms with Crippen LogP contribution in [0.3, 0.4) is 0 Å². The van der Waals surface area contributed by atoms with Gasteiger partial charge in [-0.3, -0.25) is 4.79 Å². The number of ether oxygens (including phenoxy) is 3. The average Bonchev–Trinajstić information content (AvgIpc) is 3.06. The first kappa shape index (κ1) is 23.7. The fourth-order valence-electron chi connectivity index (χ4n) is 4.28. The molecule has 0 bridgehead atoms. The first-order valence-corrected chi connectivity index (χ1v) is 11.7. The Morgan fingerprint density at radius 2 is 1.85 bits per heavy atom. The van der Waals surface area contributed by atoms with Gasteiger partial charge in [-0.2, -0.15) is 0 Å². The number of benzene rings is 2. The summed E-state index contributed by atoms with van der Waals surface area (Å²) in [5.74, 6) is 2.09. The predicted molar refractivity (Wildman–Crippen MR) is 130 cm³/mol. The zero-order chi connectivity index (χ0) is 24.2. The van der Waals surface area contributed by atoms with Crippen LogP contribution < -0.4 is 25.2 Å². The third-order valence-corrected chi connectivity index (χ3v) is 6.21. The molecule has 7 nitrogen and oxygen atoms in total. The van der Waals surface area contributed by atoms with Crippen LogP contribution in [-0.4, -0.2) is 26.2 Å². The third-order valence-electron chi connectivity index (χ3n) is 6.21. The smallest absolute Gasteiger partial charge is 0.339 e. The molecule has 0 saturated heterocycles. The number of rotatable bonds is 7. The van der Waals surface area contributed by atoms with Crippen molar-refractivity contribution in [2.45, 2.75) is 46.1 Å². The van der Waals surface area contributed by atoms with Gasteiger partial charge in [0.1, 0.15) is 11.3 Å². The normalized spacial score (nSPS) is 14.0. The monoisotopic (exact) mass is 465 g/mol. The van der Waals surface area contributed by atoms with Gasteiger partial charge in [0.05, 0.1) is 26.4 Å². The van der Waals surface area contributed by atoms with E-state index in [0.29, 0.717) is 42.3 Å². The standard InChI is InChI=1S/C27H31NO6/c1-16(2)26(18-6-10-22-24(14-18)33-13-5-12-32-22)28-25(29)11-9-21-17(3)20-8-7-19(31-4)15-23(20)34-27(21)30/h6-8,10,14-16,26H,5,9,11-13H2,1-4H3,(H,28,29). The number of amides is 1. The van der Waals surface area contributed by atoms with Crippen molar-refractivity contribution in [1.82, 2.24) is 5.32 Å². The lowest BCUT2D eigenvalue weighted by atomic mass is 9.95. The molecule has 7 heteroatoms. The number of hydrogen-bond acceptors (Lipinski definition) is 6. The average molecular weight is 466 g/mol. The topological polar surface area (TPSA) is 87.0 Å². The summed E-state index contributed by atoms with van der Waals surface area (Å²) in [4.78, 5) is 25.5. The minimum atomic E-state index is -0.422. The summed E-state index contributed by atoms with van der Waals surface area (Å²) in [7, 11) is 1.57. The maximum Gasteiger partial charge on any atom is 0.339 e. The number of methoxy groups -OCH3 is 1. The predicted octanol–water partition coefficient (Wildman–Crippen LogP) is 4.72. The molecule has 1 N–H and O–H groups in total. The molecular weight excluding hydrogens is 434 g/mol. The van der Waals surface area contributed by atoms with Gasteiger partial charge < -0.3 is 23.9 Å². The Morgan fingerprint density at radius 3 is 2.59 bits per heavy atom. The highest BCUT2D eigenvalue weighted by molar-refractivity contribution is 5.83. The lowest BCUT2D eigenvalue weighted by Gasteiger charge is -2.24. The highest BCUT2D eigenvalue weighted by atomic mass is 16.5. The molecule has 3 aromatic rings. The van der Waals surface area contributed by atoms with E-state index in [0.717, 1.165) is 28.7 Å². The van der Waals surface area contributed by atoms with E-state index in [-0.39, 0.29) is 24.3 Å². The van der Waals surface area contributed by atoms with Gasteiger partial charge in [-0.05, 0) is 54.7 Å². The fourth-order valence-corrected chi connectivity index (χ4v) is 4.28. The summed E-state index contributed by atoms with van der Waals surface area (Å²) < 4.78 is 22.3. The van der Waals surface area contributed by atoms with Crippen molar-refractivity contribution in [1.29, 1.82) is 0 Å². The van der Waals surface area contributed by atoms with Crippen LogP contribution in [0.5, 0.6) is 17.2 Å². The van der Waals surface area contributed by atoms with Crippen molar-refractivity contribution in [3.63, 3.8) is 0 Å². The van der Waals surface area contributed by atoms with Crippen molar-refractivity contribution >= 4 is 16.9 Å². The van der Waals surface area contributed by atoms with Gasteiger partial charge in [-0.1, -0.05) is 19.9 Å². The molecule has 1 aliphatic rings. The van der Waals surface area contributed by atoms with Crippen LogP contribution in [0.2, 0.25) is 0 Å². The van der Waals surface area contributed by atoms with E-state index < -0.39 is 5.63 Å². The maximum atomic E-state index is 12.9. The van der Waals surface area contributed by atoms with Crippen LogP contribution in [0.15, 0.2) is 45.6 Å². The number of carbonyl (C=O) groups excluding carboxylic acids is 1. The van der Waals surface area contributed by atoms with Gasteiger partial charge in [0.25, 0.3) is 0 Å². The molecule has 4 rings (SSSR count). The first-order valence-electron chi connectivity index (χ1n) is 11.7. The van der Waals surface area contributed by atoms with Gasteiger partial charge in [0.2, 0.25) is 5.91 Å². The minimum Gasteiger partial charge on any atom is -0.497 e. The molecule has 1 atom stereocenters. The zero-order valence-corrected chi connectivity index (χ0v) is 20.1. The number of aryl methyl sites for hydroxylation is 1. The quantitative estimate of drug-likeness (QED) is 0.508. The summed E-state index contributed by atoms with van der Waals surface area (Å²) in [6.07, 6.45) is 1.32. The molecule has 0 aliphatic carbocycles. The highest BCUT2D eigenvalue weighted by Crippen LogP contribution is 2.34. The van der Waals surface area contributed by atoms with Gasteiger partial charge in [0.15, 0.2) is 11.5 Å². The van der Waals surface area contributed by atoms with Crippen molar-refractivity contribution < 1.29 is 23.4 Å². The Balaban J connectivity index is 1.49. The second-order valence-corrected chi connectivity index (χ2v) is 8.90. The van der Waals surface area contributed by atoms with Gasteiger partial charge >= 0.3 is 5.63 Å². The van der Waals surface area contributed by atoms with E-state index >= 15 is 0 Å². The van der Waals surface area contributed by atoms with Crippen LogP contribution in [0.25, 0.3) is 11.0 Å². The van der Waals surface area contributed by atoms with E-state index in [4.69, 9.17) is 18.6 Å². The van der Waals surface area contributed by atoms with Crippen LogP contribution in [0.1, 0.15) is 49.4 Å². The molecule has 34 heavy (non-hydrogen) atoms. The summed E-state index contributed by atoms with van der Waals surface area (Å²) in [6, 6.07) is 11.0. The van der Waals surface area contributed by atoms with Gasteiger partial charge in [-0.15, -0.1) is 0 Å². The summed E-state index contributed by atoms with van der Waals surface area (Å²) in [6.45, 7) is 7.24. The fraction of sp³-hybridized carbons (Fsp3) is 0.407. The van der Waals surface area contributed by atoms with E-state index in [1.54, 1.807) is 13.2 Å². The molecule has 2 aromatic carbocycles. The molecule has 0 radical (unpaired) electrons. The molecule has 0 saturated carbocycles. The van der Waals surface area contributed by atoms with E-state index in [9.17, 15) is 9.59 Å².